The summed E-state index contributed by atoms with van der Waals surface area (Å²) in [7, 11) is 0. The Morgan fingerprint density at radius 3 is 1.77 bits per heavy atom. The van der Waals surface area contributed by atoms with Gasteiger partial charge >= 0.3 is 6.18 Å². The number of alkyl halides is 3. The first-order chi connectivity index (χ1) is 5.82. The second-order valence-electron chi connectivity index (χ2n) is 2.63. The van der Waals surface area contributed by atoms with E-state index in [1.807, 2.05) is 0 Å². The lowest BCUT2D eigenvalue weighted by Crippen LogP contribution is -2.14. The van der Waals surface area contributed by atoms with Gasteiger partial charge in [0.05, 0.1) is 17.0 Å². The van der Waals surface area contributed by atoms with Crippen LogP contribution in [0.1, 0.15) is 17.0 Å². The molecule has 0 atom stereocenters. The molecule has 13 heavy (non-hydrogen) atoms. The van der Waals surface area contributed by atoms with Crippen molar-refractivity contribution in [2.45, 2.75) is 20.0 Å². The largest absolute Gasteiger partial charge is 0.419 e. The van der Waals surface area contributed by atoms with Crippen LogP contribution in [-0.4, -0.2) is 9.97 Å². The van der Waals surface area contributed by atoms with Crippen LogP contribution in [0.2, 0.25) is 0 Å². The zero-order chi connectivity index (χ0) is 10.2. The average Bonchev–Trinajstić information content (AvgIpc) is 1.78. The number of nitrogens with two attached hydrogens (primary N) is 1. The maximum atomic E-state index is 12.3. The molecule has 0 aromatic carbocycles. The van der Waals surface area contributed by atoms with Gasteiger partial charge in [-0.2, -0.15) is 13.2 Å². The average molecular weight is 191 g/mol. The molecule has 1 heterocycles. The predicted molar refractivity (Wildman–Crippen MR) is 40.9 cm³/mol. The Balaban J connectivity index is 3.38. The number of hydrogen-bond acceptors (Lipinski definition) is 3. The molecule has 0 unspecified atom stereocenters. The Bertz CT molecular complexity index is 309. The Kier molecular flexibility index (Phi) is 2.15. The Morgan fingerprint density at radius 2 is 1.46 bits per heavy atom. The molecule has 0 spiro atoms. The lowest BCUT2D eigenvalue weighted by molar-refractivity contribution is -0.139. The van der Waals surface area contributed by atoms with Crippen molar-refractivity contribution in [3.8, 4) is 0 Å². The number of halogens is 3. The van der Waals surface area contributed by atoms with Crippen LogP contribution in [-0.2, 0) is 6.18 Å². The smallest absolute Gasteiger partial charge is 0.368 e. The van der Waals surface area contributed by atoms with E-state index >= 15 is 0 Å². The van der Waals surface area contributed by atoms with Gasteiger partial charge in [-0.15, -0.1) is 0 Å². The number of rotatable bonds is 0. The van der Waals surface area contributed by atoms with Crippen molar-refractivity contribution in [1.29, 1.82) is 0 Å². The van der Waals surface area contributed by atoms with Crippen molar-refractivity contribution in [2.75, 3.05) is 5.73 Å². The number of aryl methyl sites for hydroxylation is 2. The fourth-order valence-corrected chi connectivity index (χ4v) is 1.15. The number of aromatic nitrogens is 2. The van der Waals surface area contributed by atoms with Crippen LogP contribution in [0, 0.1) is 13.8 Å². The van der Waals surface area contributed by atoms with Gasteiger partial charge in [-0.05, 0) is 13.8 Å². The summed E-state index contributed by atoms with van der Waals surface area (Å²) in [5, 5.41) is 0. The highest BCUT2D eigenvalue weighted by Crippen LogP contribution is 2.32. The van der Waals surface area contributed by atoms with E-state index in [1.165, 1.54) is 13.8 Å². The van der Waals surface area contributed by atoms with Crippen LogP contribution in [0.3, 0.4) is 0 Å². The lowest BCUT2D eigenvalue weighted by atomic mass is 10.1. The van der Waals surface area contributed by atoms with Gasteiger partial charge in [0.15, 0.2) is 0 Å². The summed E-state index contributed by atoms with van der Waals surface area (Å²) >= 11 is 0. The molecular weight excluding hydrogens is 183 g/mol. The molecule has 1 aromatic rings. The first kappa shape index (κ1) is 9.76. The molecule has 3 nitrogen and oxygen atoms in total. The normalized spacial score (nSPS) is 11.8. The molecule has 72 valence electrons. The molecule has 1 rings (SSSR count). The molecule has 0 saturated carbocycles. The third-order valence-corrected chi connectivity index (χ3v) is 1.57. The lowest BCUT2D eigenvalue weighted by Gasteiger charge is -2.11. The molecule has 0 saturated heterocycles. The molecule has 0 aliphatic carbocycles. The van der Waals surface area contributed by atoms with Gasteiger partial charge < -0.3 is 5.73 Å². The van der Waals surface area contributed by atoms with Crippen LogP contribution in [0.15, 0.2) is 0 Å². The highest BCUT2D eigenvalue weighted by molar-refractivity contribution is 5.32. The van der Waals surface area contributed by atoms with E-state index in [2.05, 4.69) is 9.97 Å². The van der Waals surface area contributed by atoms with E-state index in [-0.39, 0.29) is 17.3 Å². The molecule has 2 N–H and O–H groups in total. The van der Waals surface area contributed by atoms with Crippen molar-refractivity contribution < 1.29 is 13.2 Å². The van der Waals surface area contributed by atoms with E-state index in [9.17, 15) is 13.2 Å². The third kappa shape index (κ3) is 1.88. The fourth-order valence-electron chi connectivity index (χ4n) is 1.15. The summed E-state index contributed by atoms with van der Waals surface area (Å²) in [5.74, 6) is -0.136. The second-order valence-corrected chi connectivity index (χ2v) is 2.63. The maximum absolute atomic E-state index is 12.3. The van der Waals surface area contributed by atoms with E-state index in [4.69, 9.17) is 5.73 Å². The minimum absolute atomic E-state index is 0.136. The number of nitrogens with zero attached hydrogens (tertiary/aromatic N) is 2. The van der Waals surface area contributed by atoms with Crippen LogP contribution in [0.4, 0.5) is 19.1 Å². The SMILES string of the molecule is Cc1nc(N)nc(C)c1C(F)(F)F. The van der Waals surface area contributed by atoms with Crippen molar-refractivity contribution in [3.63, 3.8) is 0 Å². The molecule has 0 aliphatic rings. The molecule has 0 aliphatic heterocycles. The van der Waals surface area contributed by atoms with Crippen LogP contribution in [0.5, 0.6) is 0 Å². The highest BCUT2D eigenvalue weighted by atomic mass is 19.4. The quantitative estimate of drug-likeness (QED) is 0.678. The van der Waals surface area contributed by atoms with E-state index in [0.29, 0.717) is 0 Å². The van der Waals surface area contributed by atoms with Crippen LogP contribution < -0.4 is 5.73 Å². The van der Waals surface area contributed by atoms with Gasteiger partial charge in [-0.3, -0.25) is 0 Å². The third-order valence-electron chi connectivity index (χ3n) is 1.57. The van der Waals surface area contributed by atoms with Gasteiger partial charge in [0, 0.05) is 0 Å². The van der Waals surface area contributed by atoms with Gasteiger partial charge in [0.1, 0.15) is 0 Å². The monoisotopic (exact) mass is 191 g/mol. The summed E-state index contributed by atoms with van der Waals surface area (Å²) in [6, 6.07) is 0. The topological polar surface area (TPSA) is 51.8 Å². The summed E-state index contributed by atoms with van der Waals surface area (Å²) in [6.07, 6.45) is -4.41. The summed E-state index contributed by atoms with van der Waals surface area (Å²) in [5.41, 5.74) is 4.10. The van der Waals surface area contributed by atoms with E-state index in [0.717, 1.165) is 0 Å². The Hall–Kier alpha value is -1.33. The van der Waals surface area contributed by atoms with Crippen LogP contribution >= 0.6 is 0 Å². The number of hydrogen-bond donors (Lipinski definition) is 1. The van der Waals surface area contributed by atoms with Crippen molar-refractivity contribution >= 4 is 5.95 Å². The maximum Gasteiger partial charge on any atom is 0.419 e. The molecular formula is C7H8F3N3. The zero-order valence-electron chi connectivity index (χ0n) is 7.11. The zero-order valence-corrected chi connectivity index (χ0v) is 7.11. The first-order valence-corrected chi connectivity index (χ1v) is 3.50. The van der Waals surface area contributed by atoms with Crippen molar-refractivity contribution in [1.82, 2.24) is 9.97 Å². The number of nitrogen functional groups attached to an aromatic ring is 1. The van der Waals surface area contributed by atoms with Gasteiger partial charge in [0.2, 0.25) is 5.95 Å². The number of anilines is 1. The molecule has 6 heteroatoms. The Morgan fingerprint density at radius 1 is 1.08 bits per heavy atom. The summed E-state index contributed by atoms with van der Waals surface area (Å²) in [4.78, 5) is 6.90. The van der Waals surface area contributed by atoms with Gasteiger partial charge in [-0.25, -0.2) is 9.97 Å². The summed E-state index contributed by atoms with van der Waals surface area (Å²) < 4.78 is 37.0. The molecule has 0 fully saturated rings. The first-order valence-electron chi connectivity index (χ1n) is 3.50. The van der Waals surface area contributed by atoms with E-state index < -0.39 is 11.7 Å². The van der Waals surface area contributed by atoms with Crippen molar-refractivity contribution in [2.24, 2.45) is 0 Å². The molecule has 0 amide bonds. The van der Waals surface area contributed by atoms with Crippen molar-refractivity contribution in [3.05, 3.63) is 17.0 Å². The molecule has 0 bridgehead atoms. The van der Waals surface area contributed by atoms with Crippen LogP contribution in [0.25, 0.3) is 0 Å². The minimum atomic E-state index is -4.41. The fraction of sp³-hybridized carbons (Fsp3) is 0.429. The predicted octanol–water partition coefficient (Wildman–Crippen LogP) is 1.69. The molecule has 0 radical (unpaired) electrons. The summed E-state index contributed by atoms with van der Waals surface area (Å²) in [6.45, 7) is 2.52. The minimum Gasteiger partial charge on any atom is -0.368 e. The van der Waals surface area contributed by atoms with Gasteiger partial charge in [-0.1, -0.05) is 0 Å². The molecule has 1 aromatic heterocycles. The standard InChI is InChI=1S/C7H8F3N3/c1-3-5(7(8,9)10)4(2)13-6(11)12-3/h1-2H3,(H2,11,12,13). The second kappa shape index (κ2) is 2.86. The van der Waals surface area contributed by atoms with Gasteiger partial charge in [0.25, 0.3) is 0 Å². The van der Waals surface area contributed by atoms with E-state index in [1.54, 1.807) is 0 Å². The Labute approximate surface area is 72.8 Å². The highest BCUT2D eigenvalue weighted by Gasteiger charge is 2.35.